The lowest BCUT2D eigenvalue weighted by atomic mass is 10.2. The van der Waals surface area contributed by atoms with Crippen molar-refractivity contribution in [3.8, 4) is 0 Å². The van der Waals surface area contributed by atoms with Gasteiger partial charge in [0.1, 0.15) is 4.47 Å². The van der Waals surface area contributed by atoms with Crippen LogP contribution >= 0.6 is 15.9 Å². The maximum absolute atomic E-state index is 12.2. The molecule has 1 fully saturated rings. The zero-order valence-corrected chi connectivity index (χ0v) is 13.8. The van der Waals surface area contributed by atoms with E-state index in [-0.39, 0.29) is 5.56 Å². The summed E-state index contributed by atoms with van der Waals surface area (Å²) in [4.78, 5) is 14.4. The van der Waals surface area contributed by atoms with E-state index >= 15 is 0 Å². The number of nitrogens with zero attached hydrogens (tertiary/aromatic N) is 3. The number of nitrogens with one attached hydrogen (secondary N) is 1. The molecule has 5 nitrogen and oxygen atoms in total. The Morgan fingerprint density at radius 1 is 1.55 bits per heavy atom. The Bertz CT molecular complexity index is 496. The van der Waals surface area contributed by atoms with Crippen molar-refractivity contribution in [2.24, 2.45) is 0 Å². The third-order valence-corrected chi connectivity index (χ3v) is 4.45. The molecule has 1 aromatic rings. The minimum atomic E-state index is -0.0505. The number of anilines is 1. The second kappa shape index (κ2) is 7.22. The quantitative estimate of drug-likeness (QED) is 0.858. The van der Waals surface area contributed by atoms with Gasteiger partial charge in [0.25, 0.3) is 5.56 Å². The Labute approximate surface area is 128 Å². The monoisotopic (exact) mass is 342 g/mol. The molecule has 0 radical (unpaired) electrons. The van der Waals surface area contributed by atoms with Gasteiger partial charge in [0.15, 0.2) is 0 Å². The van der Waals surface area contributed by atoms with Gasteiger partial charge in [0, 0.05) is 25.7 Å². The van der Waals surface area contributed by atoms with Gasteiger partial charge in [-0.05, 0) is 48.7 Å². The smallest absolute Gasteiger partial charge is 0.283 e. The highest BCUT2D eigenvalue weighted by atomic mass is 79.9. The van der Waals surface area contributed by atoms with Crippen LogP contribution in [0, 0.1) is 0 Å². The summed E-state index contributed by atoms with van der Waals surface area (Å²) < 4.78 is 2.10. The summed E-state index contributed by atoms with van der Waals surface area (Å²) in [5.74, 6) is 0. The van der Waals surface area contributed by atoms with Crippen molar-refractivity contribution in [3.63, 3.8) is 0 Å². The number of halogens is 1. The zero-order valence-electron chi connectivity index (χ0n) is 12.2. The van der Waals surface area contributed by atoms with Crippen molar-refractivity contribution in [3.05, 3.63) is 21.0 Å². The fraction of sp³-hybridized carbons (Fsp3) is 0.714. The first-order chi connectivity index (χ1) is 9.67. The first kappa shape index (κ1) is 15.5. The van der Waals surface area contributed by atoms with E-state index in [1.54, 1.807) is 6.20 Å². The van der Waals surface area contributed by atoms with Crippen LogP contribution in [-0.2, 0) is 6.54 Å². The summed E-state index contributed by atoms with van der Waals surface area (Å²) in [6.45, 7) is 7.64. The van der Waals surface area contributed by atoms with Crippen LogP contribution in [0.25, 0.3) is 0 Å². The van der Waals surface area contributed by atoms with Gasteiger partial charge in [-0.25, -0.2) is 4.68 Å². The normalized spacial score (nSPS) is 18.4. The van der Waals surface area contributed by atoms with Gasteiger partial charge in [0.05, 0.1) is 11.9 Å². The number of hydrogen-bond acceptors (Lipinski definition) is 4. The second-order valence-corrected chi connectivity index (χ2v) is 6.00. The average Bonchev–Trinajstić information content (AvgIpc) is 2.94. The molecule has 2 rings (SSSR count). The molecular formula is C14H23BrN4O. The topological polar surface area (TPSA) is 50.2 Å². The first-order valence-electron chi connectivity index (χ1n) is 7.41. The van der Waals surface area contributed by atoms with E-state index in [4.69, 9.17) is 0 Å². The molecule has 0 amide bonds. The predicted molar refractivity (Wildman–Crippen MR) is 85.4 cm³/mol. The molecule has 0 spiro atoms. The van der Waals surface area contributed by atoms with Crippen molar-refractivity contribution in [1.82, 2.24) is 15.1 Å². The zero-order chi connectivity index (χ0) is 14.5. The van der Waals surface area contributed by atoms with Gasteiger partial charge >= 0.3 is 0 Å². The lowest BCUT2D eigenvalue weighted by Gasteiger charge is -2.28. The Balaban J connectivity index is 2.24. The van der Waals surface area contributed by atoms with Crippen LogP contribution in [0.5, 0.6) is 0 Å². The van der Waals surface area contributed by atoms with E-state index in [2.05, 4.69) is 38.2 Å². The molecule has 0 saturated carbocycles. The van der Waals surface area contributed by atoms with Crippen molar-refractivity contribution in [2.45, 2.75) is 45.7 Å². The van der Waals surface area contributed by atoms with E-state index in [0.717, 1.165) is 31.7 Å². The fourth-order valence-corrected chi connectivity index (χ4v) is 3.22. The van der Waals surface area contributed by atoms with Crippen molar-refractivity contribution >= 4 is 21.6 Å². The molecule has 1 atom stereocenters. The second-order valence-electron chi connectivity index (χ2n) is 5.20. The molecular weight excluding hydrogens is 320 g/mol. The Hall–Kier alpha value is -0.880. The molecule has 112 valence electrons. The van der Waals surface area contributed by atoms with Crippen molar-refractivity contribution in [2.75, 3.05) is 24.5 Å². The molecule has 0 aliphatic carbocycles. The summed E-state index contributed by atoms with van der Waals surface area (Å²) >= 11 is 3.46. The number of rotatable bonds is 6. The molecule has 1 aliphatic rings. The van der Waals surface area contributed by atoms with E-state index in [1.165, 1.54) is 17.5 Å². The highest BCUT2D eigenvalue weighted by Gasteiger charge is 2.20. The molecule has 1 aromatic heterocycles. The molecule has 2 heterocycles. The van der Waals surface area contributed by atoms with E-state index < -0.39 is 0 Å². The molecule has 20 heavy (non-hydrogen) atoms. The highest BCUT2D eigenvalue weighted by molar-refractivity contribution is 9.10. The fourth-order valence-electron chi connectivity index (χ4n) is 2.66. The lowest BCUT2D eigenvalue weighted by Crippen LogP contribution is -2.39. The summed E-state index contributed by atoms with van der Waals surface area (Å²) in [5.41, 5.74) is 0.862. The number of hydrogen-bond donors (Lipinski definition) is 1. The van der Waals surface area contributed by atoms with Crippen molar-refractivity contribution < 1.29 is 0 Å². The van der Waals surface area contributed by atoms with Crippen LogP contribution in [0.3, 0.4) is 0 Å². The van der Waals surface area contributed by atoms with E-state index in [1.807, 2.05) is 6.92 Å². The predicted octanol–water partition coefficient (Wildman–Crippen LogP) is 1.99. The van der Waals surface area contributed by atoms with Crippen LogP contribution in [0.15, 0.2) is 15.5 Å². The Kier molecular flexibility index (Phi) is 5.60. The lowest BCUT2D eigenvalue weighted by molar-refractivity contribution is 0.570. The largest absolute Gasteiger partial charge is 0.368 e. The SMILES string of the molecule is CCCN(CC1CCCN1)c1cnn(CC)c(=O)c1Br. The molecule has 0 aromatic carbocycles. The summed E-state index contributed by atoms with van der Waals surface area (Å²) in [6.07, 6.45) is 5.30. The summed E-state index contributed by atoms with van der Waals surface area (Å²) in [6, 6.07) is 0.516. The highest BCUT2D eigenvalue weighted by Crippen LogP contribution is 2.23. The van der Waals surface area contributed by atoms with Crippen LogP contribution in [-0.4, -0.2) is 35.5 Å². The van der Waals surface area contributed by atoms with Gasteiger partial charge in [-0.15, -0.1) is 0 Å². The minimum Gasteiger partial charge on any atom is -0.368 e. The van der Waals surface area contributed by atoms with Gasteiger partial charge in [-0.1, -0.05) is 6.92 Å². The van der Waals surface area contributed by atoms with Gasteiger partial charge in [0.2, 0.25) is 0 Å². The Morgan fingerprint density at radius 3 is 2.95 bits per heavy atom. The van der Waals surface area contributed by atoms with Crippen LogP contribution in [0.1, 0.15) is 33.1 Å². The number of aryl methyl sites for hydroxylation is 1. The van der Waals surface area contributed by atoms with E-state index in [0.29, 0.717) is 17.1 Å². The molecule has 1 saturated heterocycles. The first-order valence-corrected chi connectivity index (χ1v) is 8.20. The van der Waals surface area contributed by atoms with Crippen molar-refractivity contribution in [1.29, 1.82) is 0 Å². The molecule has 1 N–H and O–H groups in total. The summed E-state index contributed by atoms with van der Waals surface area (Å²) in [5, 5.41) is 7.76. The molecule has 6 heteroatoms. The maximum Gasteiger partial charge on any atom is 0.283 e. The third kappa shape index (κ3) is 3.41. The van der Waals surface area contributed by atoms with Gasteiger partial charge < -0.3 is 10.2 Å². The standard InChI is InChI=1S/C14H23BrN4O/c1-3-8-18(10-11-6-5-7-16-11)12-9-17-19(4-2)14(20)13(12)15/h9,11,16H,3-8,10H2,1-2H3. The van der Waals surface area contributed by atoms with Gasteiger partial charge in [-0.2, -0.15) is 5.10 Å². The molecule has 0 bridgehead atoms. The Morgan fingerprint density at radius 2 is 2.35 bits per heavy atom. The number of aromatic nitrogens is 2. The van der Waals surface area contributed by atoms with E-state index in [9.17, 15) is 4.79 Å². The third-order valence-electron chi connectivity index (χ3n) is 3.70. The van der Waals surface area contributed by atoms with Crippen LogP contribution in [0.2, 0.25) is 0 Å². The van der Waals surface area contributed by atoms with Crippen LogP contribution in [0.4, 0.5) is 5.69 Å². The van der Waals surface area contributed by atoms with Gasteiger partial charge in [-0.3, -0.25) is 4.79 Å². The molecule has 1 aliphatic heterocycles. The molecule has 1 unspecified atom stereocenters. The summed E-state index contributed by atoms with van der Waals surface area (Å²) in [7, 11) is 0. The average molecular weight is 343 g/mol. The minimum absolute atomic E-state index is 0.0505. The maximum atomic E-state index is 12.2. The van der Waals surface area contributed by atoms with Crippen LogP contribution < -0.4 is 15.8 Å².